The lowest BCUT2D eigenvalue weighted by molar-refractivity contribution is -0.135. The van der Waals surface area contributed by atoms with Gasteiger partial charge in [-0.05, 0) is 36.8 Å². The van der Waals surface area contributed by atoms with Crippen LogP contribution in [0.3, 0.4) is 0 Å². The Morgan fingerprint density at radius 2 is 1.77 bits per heavy atom. The fourth-order valence-corrected chi connectivity index (χ4v) is 2.08. The van der Waals surface area contributed by atoms with Gasteiger partial charge in [0.2, 0.25) is 0 Å². The van der Waals surface area contributed by atoms with Gasteiger partial charge in [-0.3, -0.25) is 4.79 Å². The summed E-state index contributed by atoms with van der Waals surface area (Å²) in [5.41, 5.74) is 0.785. The van der Waals surface area contributed by atoms with E-state index in [2.05, 4.69) is 3.79 Å². The van der Waals surface area contributed by atoms with Gasteiger partial charge in [0.05, 0.1) is 10.9 Å². The van der Waals surface area contributed by atoms with E-state index in [0.29, 0.717) is 16.5 Å². The third-order valence-electron chi connectivity index (χ3n) is 2.90. The Kier molecular flexibility index (Phi) is 8.80. The maximum Gasteiger partial charge on any atom is 0.484 e. The van der Waals surface area contributed by atoms with Gasteiger partial charge in [-0.1, -0.05) is 35.9 Å². The van der Waals surface area contributed by atoms with E-state index in [-0.39, 0.29) is 22.8 Å². The smallest absolute Gasteiger partial charge is 0.484 e. The van der Waals surface area contributed by atoms with Crippen molar-refractivity contribution < 1.29 is 24.3 Å². The van der Waals surface area contributed by atoms with Crippen LogP contribution in [0, 0.1) is 0 Å². The summed E-state index contributed by atoms with van der Waals surface area (Å²) in [5.74, 6) is 0.484. The van der Waals surface area contributed by atoms with Crippen molar-refractivity contribution in [1.82, 2.24) is 0 Å². The van der Waals surface area contributed by atoms with E-state index in [4.69, 9.17) is 16.3 Å². The molecule has 7 heteroatoms. The molecule has 0 aliphatic heterocycles. The van der Waals surface area contributed by atoms with E-state index in [9.17, 15) is 4.79 Å². The summed E-state index contributed by atoms with van der Waals surface area (Å²) in [4.78, 5) is 11.5. The molecule has 1 atom stereocenters. The van der Waals surface area contributed by atoms with Gasteiger partial charge in [0.25, 0.3) is 5.97 Å². The summed E-state index contributed by atoms with van der Waals surface area (Å²) < 4.78 is 10.4. The molecule has 1 unspecified atom stereocenters. The number of ether oxygens (including phenoxy) is 1. The monoisotopic (exact) mass is 338 g/mol. The zero-order valence-electron chi connectivity index (χ0n) is 11.9. The minimum atomic E-state index is -0.386. The molecule has 2 rings (SSSR count). The molecule has 22 heavy (non-hydrogen) atoms. The summed E-state index contributed by atoms with van der Waals surface area (Å²) in [5, 5.41) is 0.490. The van der Waals surface area contributed by atoms with E-state index in [1.54, 1.807) is 25.1 Å². The highest BCUT2D eigenvalue weighted by Crippen LogP contribution is 2.32. The predicted molar refractivity (Wildman–Crippen MR) is 85.5 cm³/mol. The average molecular weight is 339 g/mol. The van der Waals surface area contributed by atoms with Crippen LogP contribution in [-0.2, 0) is 8.58 Å². The molecule has 0 aliphatic rings. The molecule has 0 aromatic heterocycles. The number of halogens is 1. The summed E-state index contributed by atoms with van der Waals surface area (Å²) in [7, 11) is 0. The number of carbonyl (C=O) groups is 1. The molecule has 116 valence electrons. The van der Waals surface area contributed by atoms with E-state index >= 15 is 0 Å². The predicted octanol–water partition coefficient (Wildman–Crippen LogP) is 2.21. The van der Waals surface area contributed by atoms with E-state index in [1.165, 1.54) is 0 Å². The number of rotatable bonds is 4. The van der Waals surface area contributed by atoms with Crippen LogP contribution in [-0.4, -0.2) is 33.5 Å². The van der Waals surface area contributed by atoms with Gasteiger partial charge < -0.3 is 19.5 Å². The van der Waals surface area contributed by atoms with Crippen molar-refractivity contribution in [1.29, 1.82) is 0 Å². The second kappa shape index (κ2) is 9.47. The van der Waals surface area contributed by atoms with Gasteiger partial charge in [-0.2, -0.15) is 0 Å². The maximum absolute atomic E-state index is 11.5. The lowest BCUT2D eigenvalue weighted by Crippen LogP contribution is -2.11. The van der Waals surface area contributed by atoms with Crippen LogP contribution in [0.15, 0.2) is 48.5 Å². The first-order valence-electron chi connectivity index (χ1n) is 6.04. The maximum atomic E-state index is 11.5. The number of hydrogen-bond donors (Lipinski definition) is 0. The Labute approximate surface area is 142 Å². The molecule has 0 saturated carbocycles. The number of para-hydroxylation sites is 1. The number of hydrogen-bond acceptors (Lipinski definition) is 3. The standard InChI is InChI=1S/C15H13ClO3.Al.2H2O/c1-10(15(17)18)11-7-8-13(16)14(9-11)19-12-5-3-2-4-6-12;;;/h2-10H,1H3,(H,17,18);;2*1H2/q;+1;;/p-1. The van der Waals surface area contributed by atoms with Crippen molar-refractivity contribution in [3.63, 3.8) is 0 Å². The van der Waals surface area contributed by atoms with Gasteiger partial charge in [0.15, 0.2) is 0 Å². The number of benzene rings is 2. The molecule has 0 heterocycles. The van der Waals surface area contributed by atoms with Crippen LogP contribution >= 0.6 is 11.6 Å². The van der Waals surface area contributed by atoms with Crippen molar-refractivity contribution in [2.75, 3.05) is 0 Å². The van der Waals surface area contributed by atoms with Gasteiger partial charge in [-0.25, -0.2) is 0 Å². The molecule has 2 aromatic carbocycles. The zero-order valence-corrected chi connectivity index (χ0v) is 13.8. The molecular formula is C15H16AlClO5. The van der Waals surface area contributed by atoms with Gasteiger partial charge in [0.1, 0.15) is 11.5 Å². The minimum Gasteiger partial charge on any atom is -0.628 e. The summed E-state index contributed by atoms with van der Waals surface area (Å²) in [6, 6.07) is 14.6. The molecule has 0 fully saturated rings. The van der Waals surface area contributed by atoms with E-state index in [0.717, 1.165) is 5.56 Å². The van der Waals surface area contributed by atoms with Crippen LogP contribution in [0.5, 0.6) is 11.5 Å². The topological polar surface area (TPSA) is 98.5 Å². The Morgan fingerprint density at radius 1 is 1.14 bits per heavy atom. The molecule has 2 radical (unpaired) electrons. The van der Waals surface area contributed by atoms with Crippen LogP contribution in [0.2, 0.25) is 5.02 Å². The fraction of sp³-hybridized carbons (Fsp3) is 0.133. The third-order valence-corrected chi connectivity index (χ3v) is 3.44. The highest BCUT2D eigenvalue weighted by atomic mass is 35.5. The molecule has 0 spiro atoms. The van der Waals surface area contributed by atoms with Crippen LogP contribution in [0.4, 0.5) is 0 Å². The largest absolute Gasteiger partial charge is 0.628 e. The van der Waals surface area contributed by atoms with Crippen molar-refractivity contribution in [2.45, 2.75) is 12.8 Å². The third kappa shape index (κ3) is 5.02. The molecule has 0 amide bonds. The molecule has 0 saturated heterocycles. The van der Waals surface area contributed by atoms with Crippen molar-refractivity contribution >= 4 is 34.2 Å². The van der Waals surface area contributed by atoms with Crippen LogP contribution < -0.4 is 4.74 Å². The quantitative estimate of drug-likeness (QED) is 0.799. The van der Waals surface area contributed by atoms with Crippen LogP contribution in [0.1, 0.15) is 18.4 Å². The van der Waals surface area contributed by atoms with E-state index < -0.39 is 0 Å². The SMILES string of the molecule is CC(C(=O)[O][Al])c1ccc(Cl)c(Oc2ccccc2)c1.O.O. The minimum absolute atomic E-state index is 0. The van der Waals surface area contributed by atoms with Gasteiger partial charge in [-0.15, -0.1) is 0 Å². The molecule has 0 bridgehead atoms. The Hall–Kier alpha value is -1.55. The first-order chi connectivity index (χ1) is 9.61. The lowest BCUT2D eigenvalue weighted by atomic mass is 10.0. The summed E-state index contributed by atoms with van der Waals surface area (Å²) in [6.45, 7) is 1.77. The van der Waals surface area contributed by atoms with Crippen molar-refractivity contribution in [3.05, 3.63) is 59.1 Å². The van der Waals surface area contributed by atoms with Crippen molar-refractivity contribution in [3.8, 4) is 11.5 Å². The normalized spacial score (nSPS) is 10.6. The Morgan fingerprint density at radius 3 is 2.36 bits per heavy atom. The summed E-state index contributed by atoms with van der Waals surface area (Å²) in [6.07, 6.45) is 0. The van der Waals surface area contributed by atoms with E-state index in [1.807, 2.05) is 47.0 Å². The Bertz CT molecular complexity index is 606. The highest BCUT2D eigenvalue weighted by molar-refractivity contribution is 6.32. The van der Waals surface area contributed by atoms with Gasteiger partial charge in [0, 0.05) is 0 Å². The molecular weight excluding hydrogens is 323 g/mol. The molecule has 4 N–H and O–H groups in total. The second-order valence-electron chi connectivity index (χ2n) is 4.26. The molecule has 2 aromatic rings. The summed E-state index contributed by atoms with van der Waals surface area (Å²) >= 11 is 8.08. The highest BCUT2D eigenvalue weighted by Gasteiger charge is 2.16. The number of carbonyl (C=O) groups excluding carboxylic acids is 1. The first kappa shape index (κ1) is 20.5. The zero-order chi connectivity index (χ0) is 14.5. The second-order valence-corrected chi connectivity index (χ2v) is 4.91. The fourth-order valence-electron chi connectivity index (χ4n) is 1.72. The van der Waals surface area contributed by atoms with Crippen molar-refractivity contribution in [2.24, 2.45) is 0 Å². The molecule has 5 nitrogen and oxygen atoms in total. The van der Waals surface area contributed by atoms with Gasteiger partial charge >= 0.3 is 16.6 Å². The Balaban J connectivity index is 0.00000220. The average Bonchev–Trinajstić information content (AvgIpc) is 2.49. The molecule has 0 aliphatic carbocycles. The van der Waals surface area contributed by atoms with Crippen LogP contribution in [0.25, 0.3) is 0 Å². The lowest BCUT2D eigenvalue weighted by Gasteiger charge is -2.14. The first-order valence-corrected chi connectivity index (χ1v) is 6.89.